The highest BCUT2D eigenvalue weighted by Crippen LogP contribution is 2.04. The summed E-state index contributed by atoms with van der Waals surface area (Å²) in [5.74, 6) is 0. The first-order chi connectivity index (χ1) is 5.86. The van der Waals surface area contributed by atoms with E-state index in [0.717, 1.165) is 6.42 Å². The Balaban J connectivity index is 2.19. The molecule has 0 spiro atoms. The first kappa shape index (κ1) is 9.33. The molecule has 0 saturated heterocycles. The summed E-state index contributed by atoms with van der Waals surface area (Å²) in [5.41, 5.74) is 7.70. The minimum Gasteiger partial charge on any atom is -0.322 e. The minimum atomic E-state index is 0.583. The Bertz CT molecular complexity index is 178. The summed E-state index contributed by atoms with van der Waals surface area (Å²) < 4.78 is 0. The van der Waals surface area contributed by atoms with Crippen molar-refractivity contribution in [2.45, 2.75) is 39.2 Å². The second-order valence-electron chi connectivity index (χ2n) is 3.08. The van der Waals surface area contributed by atoms with Gasteiger partial charge in [0.05, 0.1) is 0 Å². The molecule has 0 fully saturated rings. The lowest BCUT2D eigenvalue weighted by molar-refractivity contribution is 0.444. The molecule has 0 aromatic carbocycles. The van der Waals surface area contributed by atoms with E-state index in [9.17, 15) is 0 Å². The van der Waals surface area contributed by atoms with E-state index in [2.05, 4.69) is 42.9 Å². The lowest BCUT2D eigenvalue weighted by atomic mass is 10.2. The van der Waals surface area contributed by atoms with Gasteiger partial charge in [-0.3, -0.25) is 0 Å². The van der Waals surface area contributed by atoms with Crippen molar-refractivity contribution in [1.29, 1.82) is 0 Å². The third-order valence-corrected chi connectivity index (χ3v) is 2.18. The van der Waals surface area contributed by atoms with Gasteiger partial charge in [-0.05, 0) is 25.3 Å². The van der Waals surface area contributed by atoms with Gasteiger partial charge in [0.2, 0.25) is 0 Å². The van der Waals surface area contributed by atoms with E-state index < -0.39 is 0 Å². The molecular weight excluding hydrogens is 148 g/mol. The maximum Gasteiger partial charge on any atom is 0.0447 e. The highest BCUT2D eigenvalue weighted by atomic mass is 15.4. The molecule has 2 N–H and O–H groups in total. The van der Waals surface area contributed by atoms with E-state index in [4.69, 9.17) is 0 Å². The number of hydrogen-bond donors (Lipinski definition) is 2. The van der Waals surface area contributed by atoms with Crippen LogP contribution in [0.25, 0.3) is 0 Å². The molecule has 0 aromatic rings. The van der Waals surface area contributed by atoms with E-state index in [-0.39, 0.29) is 0 Å². The molecule has 0 amide bonds. The van der Waals surface area contributed by atoms with Crippen molar-refractivity contribution in [3.8, 4) is 0 Å². The summed E-state index contributed by atoms with van der Waals surface area (Å²) in [6.45, 7) is 4.39. The second kappa shape index (κ2) is 4.99. The van der Waals surface area contributed by atoms with Crippen LogP contribution >= 0.6 is 0 Å². The molecule has 0 unspecified atom stereocenters. The Morgan fingerprint density at radius 2 is 2.17 bits per heavy atom. The van der Waals surface area contributed by atoms with Crippen molar-refractivity contribution in [2.75, 3.05) is 0 Å². The Morgan fingerprint density at radius 1 is 1.42 bits per heavy atom. The van der Waals surface area contributed by atoms with Crippen LogP contribution in [0.5, 0.6) is 0 Å². The van der Waals surface area contributed by atoms with Crippen molar-refractivity contribution in [1.82, 2.24) is 10.9 Å². The summed E-state index contributed by atoms with van der Waals surface area (Å²) in [6.07, 6.45) is 9.83. The van der Waals surface area contributed by atoms with Crippen molar-refractivity contribution in [2.24, 2.45) is 0 Å². The summed E-state index contributed by atoms with van der Waals surface area (Å²) in [6, 6.07) is 0.583. The predicted octanol–water partition coefficient (Wildman–Crippen LogP) is 2.11. The molecule has 0 radical (unpaired) electrons. The standard InChI is InChI=1S/C10H18N2/c1-3-9(4-2)11-12-10-7-5-6-8-10/h5,7-9,11-12H,3-4,6H2,1-2H3. The molecule has 0 aliphatic heterocycles. The van der Waals surface area contributed by atoms with Gasteiger partial charge in [0, 0.05) is 11.7 Å². The largest absolute Gasteiger partial charge is 0.322 e. The molecule has 0 atom stereocenters. The van der Waals surface area contributed by atoms with Crippen LogP contribution in [0.3, 0.4) is 0 Å². The van der Waals surface area contributed by atoms with Crippen molar-refractivity contribution < 1.29 is 0 Å². The topological polar surface area (TPSA) is 24.1 Å². The van der Waals surface area contributed by atoms with Crippen LogP contribution < -0.4 is 10.9 Å². The number of allylic oxidation sites excluding steroid dienone is 3. The molecule has 0 saturated carbocycles. The second-order valence-corrected chi connectivity index (χ2v) is 3.08. The molecular formula is C10H18N2. The average Bonchev–Trinajstić information content (AvgIpc) is 2.59. The molecule has 1 aliphatic rings. The number of hydrogen-bond acceptors (Lipinski definition) is 2. The normalized spacial score (nSPS) is 15.4. The van der Waals surface area contributed by atoms with Gasteiger partial charge >= 0.3 is 0 Å². The van der Waals surface area contributed by atoms with Gasteiger partial charge in [0.25, 0.3) is 0 Å². The van der Waals surface area contributed by atoms with Gasteiger partial charge < -0.3 is 5.43 Å². The van der Waals surface area contributed by atoms with Crippen molar-refractivity contribution in [3.63, 3.8) is 0 Å². The van der Waals surface area contributed by atoms with Gasteiger partial charge in [0.15, 0.2) is 0 Å². The smallest absolute Gasteiger partial charge is 0.0447 e. The summed E-state index contributed by atoms with van der Waals surface area (Å²) in [7, 11) is 0. The Morgan fingerprint density at radius 3 is 2.67 bits per heavy atom. The minimum absolute atomic E-state index is 0.583. The van der Waals surface area contributed by atoms with Crippen molar-refractivity contribution >= 4 is 0 Å². The molecule has 1 aliphatic carbocycles. The number of hydrazine groups is 1. The quantitative estimate of drug-likeness (QED) is 0.611. The fraction of sp³-hybridized carbons (Fsp3) is 0.600. The van der Waals surface area contributed by atoms with Crippen LogP contribution in [0.2, 0.25) is 0 Å². The lowest BCUT2D eigenvalue weighted by Gasteiger charge is -2.16. The maximum absolute atomic E-state index is 3.29. The zero-order valence-corrected chi connectivity index (χ0v) is 7.93. The molecule has 2 nitrogen and oxygen atoms in total. The van der Waals surface area contributed by atoms with Gasteiger partial charge in [0.1, 0.15) is 0 Å². The molecule has 1 rings (SSSR count). The zero-order chi connectivity index (χ0) is 8.81. The van der Waals surface area contributed by atoms with Gasteiger partial charge in [-0.25, -0.2) is 5.43 Å². The SMILES string of the molecule is CCC(CC)NNC1=CCC=C1. The summed E-state index contributed by atoms with van der Waals surface area (Å²) >= 11 is 0. The Kier molecular flexibility index (Phi) is 3.88. The number of nitrogens with one attached hydrogen (secondary N) is 2. The molecule has 0 aromatic heterocycles. The van der Waals surface area contributed by atoms with Crippen LogP contribution in [0.4, 0.5) is 0 Å². The molecule has 0 bridgehead atoms. The van der Waals surface area contributed by atoms with Gasteiger partial charge in [-0.1, -0.05) is 26.0 Å². The van der Waals surface area contributed by atoms with E-state index in [1.165, 1.54) is 18.5 Å². The van der Waals surface area contributed by atoms with Gasteiger partial charge in [-0.2, -0.15) is 0 Å². The molecule has 2 heteroatoms. The first-order valence-corrected chi connectivity index (χ1v) is 4.75. The van der Waals surface area contributed by atoms with E-state index in [1.54, 1.807) is 0 Å². The Labute approximate surface area is 74.7 Å². The molecule has 12 heavy (non-hydrogen) atoms. The number of rotatable bonds is 5. The first-order valence-electron chi connectivity index (χ1n) is 4.75. The molecule has 68 valence electrons. The highest BCUT2D eigenvalue weighted by molar-refractivity contribution is 5.23. The van der Waals surface area contributed by atoms with Crippen LogP contribution in [-0.4, -0.2) is 6.04 Å². The zero-order valence-electron chi connectivity index (χ0n) is 7.93. The fourth-order valence-corrected chi connectivity index (χ4v) is 1.23. The Hall–Kier alpha value is -0.760. The predicted molar refractivity (Wildman–Crippen MR) is 52.5 cm³/mol. The fourth-order valence-electron chi connectivity index (χ4n) is 1.23. The monoisotopic (exact) mass is 166 g/mol. The third-order valence-electron chi connectivity index (χ3n) is 2.18. The average molecular weight is 166 g/mol. The van der Waals surface area contributed by atoms with Crippen LogP contribution in [-0.2, 0) is 0 Å². The van der Waals surface area contributed by atoms with Crippen molar-refractivity contribution in [3.05, 3.63) is 23.9 Å². The highest BCUT2D eigenvalue weighted by Gasteiger charge is 2.02. The summed E-state index contributed by atoms with van der Waals surface area (Å²) in [5, 5.41) is 0. The maximum atomic E-state index is 3.29. The van der Waals surface area contributed by atoms with Crippen LogP contribution in [0.15, 0.2) is 23.9 Å². The lowest BCUT2D eigenvalue weighted by Crippen LogP contribution is -2.38. The van der Waals surface area contributed by atoms with E-state index >= 15 is 0 Å². The van der Waals surface area contributed by atoms with Crippen LogP contribution in [0.1, 0.15) is 33.1 Å². The van der Waals surface area contributed by atoms with Crippen LogP contribution in [0, 0.1) is 0 Å². The van der Waals surface area contributed by atoms with E-state index in [1.807, 2.05) is 0 Å². The van der Waals surface area contributed by atoms with E-state index in [0.29, 0.717) is 6.04 Å². The summed E-state index contributed by atoms with van der Waals surface area (Å²) in [4.78, 5) is 0. The van der Waals surface area contributed by atoms with Gasteiger partial charge in [-0.15, -0.1) is 0 Å². The molecule has 0 heterocycles. The third kappa shape index (κ3) is 2.70.